The number of aryl methyl sites for hydroxylation is 1. The van der Waals surface area contributed by atoms with Crippen molar-refractivity contribution in [2.45, 2.75) is 58.7 Å². The zero-order valence-corrected chi connectivity index (χ0v) is 17.0. The van der Waals surface area contributed by atoms with E-state index < -0.39 is 23.5 Å². The average molecular weight is 396 g/mol. The number of hydrogen-bond acceptors (Lipinski definition) is 6. The monoisotopic (exact) mass is 396 g/mol. The Labute approximate surface area is 168 Å². The number of amides is 1. The molecule has 0 saturated carbocycles. The minimum atomic E-state index is -1.08. The van der Waals surface area contributed by atoms with Gasteiger partial charge in [-0.25, -0.2) is 9.78 Å². The van der Waals surface area contributed by atoms with E-state index in [9.17, 15) is 19.6 Å². The van der Waals surface area contributed by atoms with Crippen molar-refractivity contribution in [3.05, 3.63) is 39.9 Å². The number of ether oxygens (including phenoxy) is 1. The smallest absolute Gasteiger partial charge is 0.338 e. The van der Waals surface area contributed by atoms with E-state index >= 15 is 0 Å². The van der Waals surface area contributed by atoms with Gasteiger partial charge in [0, 0.05) is 13.0 Å². The third-order valence-corrected chi connectivity index (χ3v) is 5.48. The fourth-order valence-electron chi connectivity index (χ4n) is 3.15. The van der Waals surface area contributed by atoms with Gasteiger partial charge in [0.05, 0.1) is 22.5 Å². The number of nitriles is 1. The highest BCUT2D eigenvalue weighted by atomic mass is 16.5. The van der Waals surface area contributed by atoms with Gasteiger partial charge in [-0.3, -0.25) is 14.2 Å². The molecule has 1 aromatic carbocycles. The van der Waals surface area contributed by atoms with Gasteiger partial charge < -0.3 is 10.1 Å². The molecule has 29 heavy (non-hydrogen) atoms. The summed E-state index contributed by atoms with van der Waals surface area (Å²) < 4.78 is 6.93. The van der Waals surface area contributed by atoms with Crippen LogP contribution in [0.4, 0.5) is 0 Å². The number of benzene rings is 1. The molecule has 2 aromatic rings. The molecule has 0 bridgehead atoms. The molecule has 1 N–H and O–H groups in total. The Morgan fingerprint density at radius 1 is 1.34 bits per heavy atom. The van der Waals surface area contributed by atoms with Crippen LogP contribution < -0.4 is 10.9 Å². The SMILES string of the molecule is CC(C)[C@@](C)(C#N)NC(=O)[C@H](C)OC(=O)c1ccc2c(=O)n3c(nc2c1)CCC3. The summed E-state index contributed by atoms with van der Waals surface area (Å²) in [5.74, 6) is -0.650. The molecule has 3 rings (SSSR count). The summed E-state index contributed by atoms with van der Waals surface area (Å²) in [4.78, 5) is 41.9. The molecule has 0 aliphatic carbocycles. The molecule has 2 atom stereocenters. The van der Waals surface area contributed by atoms with Crippen LogP contribution in [0.1, 0.15) is 50.3 Å². The van der Waals surface area contributed by atoms with Crippen LogP contribution in [-0.4, -0.2) is 33.1 Å². The number of nitrogens with one attached hydrogen (secondary N) is 1. The maximum atomic E-state index is 12.5. The Morgan fingerprint density at radius 2 is 2.07 bits per heavy atom. The van der Waals surface area contributed by atoms with E-state index in [1.54, 1.807) is 17.6 Å². The highest BCUT2D eigenvalue weighted by Gasteiger charge is 2.32. The summed E-state index contributed by atoms with van der Waals surface area (Å²) in [7, 11) is 0. The second-order valence-corrected chi connectivity index (χ2v) is 7.83. The van der Waals surface area contributed by atoms with Crippen molar-refractivity contribution < 1.29 is 14.3 Å². The number of carbonyl (C=O) groups is 2. The zero-order valence-electron chi connectivity index (χ0n) is 17.0. The van der Waals surface area contributed by atoms with Gasteiger partial charge in [0.25, 0.3) is 11.5 Å². The van der Waals surface area contributed by atoms with Crippen molar-refractivity contribution in [2.75, 3.05) is 0 Å². The van der Waals surface area contributed by atoms with E-state index in [0.29, 0.717) is 23.3 Å². The van der Waals surface area contributed by atoms with Gasteiger partial charge in [0.15, 0.2) is 6.10 Å². The van der Waals surface area contributed by atoms with Gasteiger partial charge in [-0.1, -0.05) is 13.8 Å². The highest BCUT2D eigenvalue weighted by molar-refractivity contribution is 5.95. The third kappa shape index (κ3) is 3.86. The van der Waals surface area contributed by atoms with Crippen LogP contribution in [0.25, 0.3) is 10.9 Å². The van der Waals surface area contributed by atoms with Crippen molar-refractivity contribution in [3.63, 3.8) is 0 Å². The van der Waals surface area contributed by atoms with Crippen LogP contribution in [0.3, 0.4) is 0 Å². The van der Waals surface area contributed by atoms with Crippen LogP contribution in [-0.2, 0) is 22.5 Å². The Bertz CT molecular complexity index is 1080. The van der Waals surface area contributed by atoms with Crippen LogP contribution in [0.5, 0.6) is 0 Å². The Morgan fingerprint density at radius 3 is 2.72 bits per heavy atom. The van der Waals surface area contributed by atoms with Gasteiger partial charge in [-0.2, -0.15) is 5.26 Å². The first-order valence-corrected chi connectivity index (χ1v) is 9.64. The quantitative estimate of drug-likeness (QED) is 0.773. The number of nitrogens with zero attached hydrogens (tertiary/aromatic N) is 3. The first-order valence-electron chi connectivity index (χ1n) is 9.64. The van der Waals surface area contributed by atoms with Crippen LogP contribution in [0, 0.1) is 17.2 Å². The second kappa shape index (κ2) is 7.66. The molecule has 1 amide bonds. The summed E-state index contributed by atoms with van der Waals surface area (Å²) in [5.41, 5.74) is -0.530. The van der Waals surface area contributed by atoms with E-state index in [-0.39, 0.29) is 17.0 Å². The molecule has 152 valence electrons. The Hall–Kier alpha value is -3.21. The molecule has 1 aliphatic rings. The summed E-state index contributed by atoms with van der Waals surface area (Å²) in [6, 6.07) is 6.64. The minimum absolute atomic E-state index is 0.111. The second-order valence-electron chi connectivity index (χ2n) is 7.83. The summed E-state index contributed by atoms with van der Waals surface area (Å²) in [6.45, 7) is 7.37. The lowest BCUT2D eigenvalue weighted by atomic mass is 9.90. The Kier molecular flexibility index (Phi) is 5.42. The van der Waals surface area contributed by atoms with Crippen molar-refractivity contribution in [3.8, 4) is 6.07 Å². The van der Waals surface area contributed by atoms with Crippen LogP contribution in [0.15, 0.2) is 23.0 Å². The number of hydrogen-bond donors (Lipinski definition) is 1. The number of aromatic nitrogens is 2. The lowest BCUT2D eigenvalue weighted by molar-refractivity contribution is -0.130. The fourth-order valence-corrected chi connectivity index (χ4v) is 3.15. The van der Waals surface area contributed by atoms with Gasteiger partial charge >= 0.3 is 5.97 Å². The van der Waals surface area contributed by atoms with Gasteiger partial charge in [-0.05, 0) is 44.4 Å². The highest BCUT2D eigenvalue weighted by Crippen LogP contribution is 2.18. The molecule has 8 nitrogen and oxygen atoms in total. The summed E-state index contributed by atoms with van der Waals surface area (Å²) in [6.07, 6.45) is 0.520. The first kappa shape index (κ1) is 20.5. The largest absolute Gasteiger partial charge is 0.449 e. The van der Waals surface area contributed by atoms with Crippen molar-refractivity contribution >= 4 is 22.8 Å². The number of carbonyl (C=O) groups excluding carboxylic acids is 2. The zero-order chi connectivity index (χ0) is 21.3. The van der Waals surface area contributed by atoms with Crippen LogP contribution in [0.2, 0.25) is 0 Å². The molecular weight excluding hydrogens is 372 g/mol. The fraction of sp³-hybridized carbons (Fsp3) is 0.476. The lowest BCUT2D eigenvalue weighted by Crippen LogP contribution is -2.52. The number of fused-ring (bicyclic) bond motifs is 2. The third-order valence-electron chi connectivity index (χ3n) is 5.48. The molecule has 0 fully saturated rings. The molecule has 0 radical (unpaired) electrons. The first-order chi connectivity index (χ1) is 13.7. The molecular formula is C21H24N4O4. The van der Waals surface area contributed by atoms with Crippen molar-refractivity contribution in [1.82, 2.24) is 14.9 Å². The Balaban J connectivity index is 1.78. The van der Waals surface area contributed by atoms with E-state index in [0.717, 1.165) is 12.8 Å². The normalized spacial score (nSPS) is 16.0. The maximum absolute atomic E-state index is 12.5. The minimum Gasteiger partial charge on any atom is -0.449 e. The molecule has 1 aliphatic heterocycles. The van der Waals surface area contributed by atoms with Gasteiger partial charge in [0.2, 0.25) is 0 Å². The molecule has 1 aromatic heterocycles. The van der Waals surface area contributed by atoms with Crippen molar-refractivity contribution in [1.29, 1.82) is 5.26 Å². The molecule has 0 unspecified atom stereocenters. The number of esters is 1. The van der Waals surface area contributed by atoms with Gasteiger partial charge in [0.1, 0.15) is 11.4 Å². The predicted octanol–water partition coefficient (Wildman–Crippen LogP) is 1.94. The van der Waals surface area contributed by atoms with E-state index in [1.165, 1.54) is 19.1 Å². The van der Waals surface area contributed by atoms with E-state index in [4.69, 9.17) is 4.74 Å². The van der Waals surface area contributed by atoms with Crippen molar-refractivity contribution in [2.24, 2.45) is 5.92 Å². The standard InChI is InChI=1S/C21H24N4O4/c1-12(2)21(4,11-22)24-18(26)13(3)29-20(28)14-7-8-15-16(10-14)23-17-6-5-9-25(17)19(15)27/h7-8,10,12-13H,5-6,9H2,1-4H3,(H,24,26)/t13-,21+/m0/s1. The van der Waals surface area contributed by atoms with E-state index in [2.05, 4.69) is 16.4 Å². The number of rotatable bonds is 5. The molecule has 0 spiro atoms. The lowest BCUT2D eigenvalue weighted by Gasteiger charge is -2.28. The summed E-state index contributed by atoms with van der Waals surface area (Å²) >= 11 is 0. The predicted molar refractivity (Wildman–Crippen MR) is 106 cm³/mol. The molecule has 8 heteroatoms. The van der Waals surface area contributed by atoms with E-state index in [1.807, 2.05) is 13.8 Å². The maximum Gasteiger partial charge on any atom is 0.338 e. The van der Waals surface area contributed by atoms with Crippen LogP contribution >= 0.6 is 0 Å². The van der Waals surface area contributed by atoms with Gasteiger partial charge in [-0.15, -0.1) is 0 Å². The summed E-state index contributed by atoms with van der Waals surface area (Å²) in [5, 5.41) is 12.4. The molecule has 0 saturated heterocycles. The topological polar surface area (TPSA) is 114 Å². The average Bonchev–Trinajstić information content (AvgIpc) is 3.16. The molecule has 2 heterocycles.